The third kappa shape index (κ3) is 9.36. The van der Waals surface area contributed by atoms with Crippen LogP contribution in [-0.2, 0) is 0 Å². The van der Waals surface area contributed by atoms with Gasteiger partial charge in [-0.25, -0.2) is 9.97 Å². The van der Waals surface area contributed by atoms with E-state index in [0.29, 0.717) is 6.04 Å². The SMILES string of the molecule is CN=C(NCCN1CCN(c2ncccn2)CC1)NC(C)CCCC(C)C.I. The molecule has 28 heavy (non-hydrogen) atoms. The standard InChI is InChI=1S/C20H37N7.HI/c1-17(2)7-5-8-18(3)25-19(21-4)22-11-12-26-13-15-27(16-14-26)20-23-9-6-10-24-20;/h6,9-10,17-18H,5,7-8,11-16H2,1-4H3,(H2,21,22,25);1H. The third-order valence-corrected chi connectivity index (χ3v) is 4.95. The number of aliphatic imine (C=N–C) groups is 1. The molecule has 0 aromatic carbocycles. The van der Waals surface area contributed by atoms with Gasteiger partial charge in [0.15, 0.2) is 5.96 Å². The lowest BCUT2D eigenvalue weighted by molar-refractivity contribution is 0.260. The van der Waals surface area contributed by atoms with Crippen LogP contribution in [0.5, 0.6) is 0 Å². The molecule has 1 saturated heterocycles. The second-order valence-corrected chi connectivity index (χ2v) is 7.75. The minimum absolute atomic E-state index is 0. The van der Waals surface area contributed by atoms with Gasteiger partial charge in [0.25, 0.3) is 0 Å². The van der Waals surface area contributed by atoms with Crippen LogP contribution in [0.15, 0.2) is 23.5 Å². The first-order chi connectivity index (χ1) is 13.1. The van der Waals surface area contributed by atoms with Crippen molar-refractivity contribution < 1.29 is 0 Å². The zero-order valence-electron chi connectivity index (χ0n) is 17.9. The van der Waals surface area contributed by atoms with Gasteiger partial charge in [-0.2, -0.15) is 0 Å². The highest BCUT2D eigenvalue weighted by atomic mass is 127. The molecule has 1 unspecified atom stereocenters. The summed E-state index contributed by atoms with van der Waals surface area (Å²) in [6.07, 6.45) is 7.35. The summed E-state index contributed by atoms with van der Waals surface area (Å²) >= 11 is 0. The first kappa shape index (κ1) is 24.9. The molecule has 2 rings (SSSR count). The molecule has 0 aliphatic carbocycles. The Bertz CT molecular complexity index is 545. The lowest BCUT2D eigenvalue weighted by Gasteiger charge is -2.34. The van der Waals surface area contributed by atoms with E-state index < -0.39 is 0 Å². The maximum absolute atomic E-state index is 4.36. The highest BCUT2D eigenvalue weighted by Gasteiger charge is 2.18. The Morgan fingerprint density at radius 1 is 1.11 bits per heavy atom. The molecule has 0 saturated carbocycles. The number of nitrogens with one attached hydrogen (secondary N) is 2. The fraction of sp³-hybridized carbons (Fsp3) is 0.750. The topological polar surface area (TPSA) is 68.7 Å². The number of rotatable bonds is 9. The Balaban J connectivity index is 0.00000392. The fourth-order valence-corrected chi connectivity index (χ4v) is 3.29. The van der Waals surface area contributed by atoms with Crippen molar-refractivity contribution >= 4 is 35.9 Å². The minimum atomic E-state index is 0. The van der Waals surface area contributed by atoms with Crippen molar-refractivity contribution in [2.75, 3.05) is 51.2 Å². The van der Waals surface area contributed by atoms with Crippen molar-refractivity contribution in [1.29, 1.82) is 0 Å². The number of nitrogens with zero attached hydrogens (tertiary/aromatic N) is 5. The van der Waals surface area contributed by atoms with Gasteiger partial charge >= 0.3 is 0 Å². The lowest BCUT2D eigenvalue weighted by atomic mass is 10.0. The Hall–Kier alpha value is -1.16. The van der Waals surface area contributed by atoms with Gasteiger partial charge in [-0.1, -0.05) is 26.7 Å². The zero-order chi connectivity index (χ0) is 19.5. The Kier molecular flexibility index (Phi) is 12.4. The van der Waals surface area contributed by atoms with Crippen LogP contribution in [0, 0.1) is 5.92 Å². The van der Waals surface area contributed by atoms with Gasteiger partial charge < -0.3 is 15.5 Å². The second kappa shape index (κ2) is 13.9. The largest absolute Gasteiger partial charge is 0.355 e. The van der Waals surface area contributed by atoms with Crippen LogP contribution < -0.4 is 15.5 Å². The van der Waals surface area contributed by atoms with Crippen LogP contribution in [0.4, 0.5) is 5.95 Å². The molecule has 1 fully saturated rings. The molecule has 8 heteroatoms. The maximum Gasteiger partial charge on any atom is 0.225 e. The van der Waals surface area contributed by atoms with Crippen molar-refractivity contribution in [3.63, 3.8) is 0 Å². The Labute approximate surface area is 187 Å². The maximum atomic E-state index is 4.36. The molecule has 2 heterocycles. The first-order valence-corrected chi connectivity index (χ1v) is 10.3. The van der Waals surface area contributed by atoms with Crippen molar-refractivity contribution in [1.82, 2.24) is 25.5 Å². The van der Waals surface area contributed by atoms with Crippen molar-refractivity contribution in [3.05, 3.63) is 18.5 Å². The highest BCUT2D eigenvalue weighted by molar-refractivity contribution is 14.0. The molecule has 0 radical (unpaired) electrons. The molecule has 1 aliphatic rings. The first-order valence-electron chi connectivity index (χ1n) is 10.3. The molecular formula is C20H38IN7. The second-order valence-electron chi connectivity index (χ2n) is 7.75. The van der Waals surface area contributed by atoms with Crippen LogP contribution in [0.25, 0.3) is 0 Å². The predicted molar refractivity (Wildman–Crippen MR) is 129 cm³/mol. The van der Waals surface area contributed by atoms with E-state index in [2.05, 4.69) is 56.2 Å². The van der Waals surface area contributed by atoms with Gasteiger partial charge in [0.2, 0.25) is 5.95 Å². The number of hydrogen-bond donors (Lipinski definition) is 2. The van der Waals surface area contributed by atoms with Gasteiger partial charge in [-0.3, -0.25) is 9.89 Å². The molecular weight excluding hydrogens is 465 g/mol. The van der Waals surface area contributed by atoms with Crippen molar-refractivity contribution in [2.45, 2.75) is 46.1 Å². The summed E-state index contributed by atoms with van der Waals surface area (Å²) in [6, 6.07) is 2.31. The number of aromatic nitrogens is 2. The van der Waals surface area contributed by atoms with Gasteiger partial charge in [-0.05, 0) is 25.3 Å². The van der Waals surface area contributed by atoms with E-state index in [4.69, 9.17) is 0 Å². The summed E-state index contributed by atoms with van der Waals surface area (Å²) < 4.78 is 0. The molecule has 0 amide bonds. The van der Waals surface area contributed by atoms with Gasteiger partial charge in [0.05, 0.1) is 0 Å². The van der Waals surface area contributed by atoms with Crippen LogP contribution in [0.1, 0.15) is 40.0 Å². The van der Waals surface area contributed by atoms with E-state index in [-0.39, 0.29) is 24.0 Å². The van der Waals surface area contributed by atoms with Crippen molar-refractivity contribution in [2.24, 2.45) is 10.9 Å². The summed E-state index contributed by atoms with van der Waals surface area (Å²) in [6.45, 7) is 12.8. The molecule has 1 aromatic rings. The summed E-state index contributed by atoms with van der Waals surface area (Å²) in [7, 11) is 1.84. The number of anilines is 1. The van der Waals surface area contributed by atoms with E-state index in [9.17, 15) is 0 Å². The van der Waals surface area contributed by atoms with Crippen LogP contribution >= 0.6 is 24.0 Å². The molecule has 7 nitrogen and oxygen atoms in total. The van der Waals surface area contributed by atoms with E-state index in [1.54, 1.807) is 12.4 Å². The summed E-state index contributed by atoms with van der Waals surface area (Å²) in [5.74, 6) is 2.53. The molecule has 1 aliphatic heterocycles. The molecule has 0 bridgehead atoms. The number of piperazine rings is 1. The van der Waals surface area contributed by atoms with Crippen LogP contribution in [0.3, 0.4) is 0 Å². The summed E-state index contributed by atoms with van der Waals surface area (Å²) in [4.78, 5) is 17.8. The Morgan fingerprint density at radius 2 is 1.79 bits per heavy atom. The molecule has 160 valence electrons. The van der Waals surface area contributed by atoms with Crippen molar-refractivity contribution in [3.8, 4) is 0 Å². The monoisotopic (exact) mass is 503 g/mol. The van der Waals surface area contributed by atoms with Gasteiger partial charge in [0.1, 0.15) is 0 Å². The van der Waals surface area contributed by atoms with E-state index in [1.165, 1.54) is 19.3 Å². The van der Waals surface area contributed by atoms with Gasteiger partial charge in [-0.15, -0.1) is 24.0 Å². The molecule has 2 N–H and O–H groups in total. The molecule has 1 aromatic heterocycles. The average Bonchev–Trinajstić information content (AvgIpc) is 2.68. The number of halogens is 1. The van der Waals surface area contributed by atoms with E-state index in [0.717, 1.165) is 57.1 Å². The van der Waals surface area contributed by atoms with E-state index in [1.807, 2.05) is 13.1 Å². The van der Waals surface area contributed by atoms with Gasteiger partial charge in [0, 0.05) is 64.8 Å². The summed E-state index contributed by atoms with van der Waals surface area (Å²) in [5, 5.41) is 6.95. The predicted octanol–water partition coefficient (Wildman–Crippen LogP) is 2.60. The quantitative estimate of drug-likeness (QED) is 0.307. The molecule has 0 spiro atoms. The fourth-order valence-electron chi connectivity index (χ4n) is 3.29. The molecule has 1 atom stereocenters. The minimum Gasteiger partial charge on any atom is -0.355 e. The number of guanidine groups is 1. The van der Waals surface area contributed by atoms with Crippen LogP contribution in [0.2, 0.25) is 0 Å². The third-order valence-electron chi connectivity index (χ3n) is 4.95. The highest BCUT2D eigenvalue weighted by Crippen LogP contribution is 2.09. The van der Waals surface area contributed by atoms with E-state index >= 15 is 0 Å². The normalized spacial score (nSPS) is 16.6. The smallest absolute Gasteiger partial charge is 0.225 e. The average molecular weight is 503 g/mol. The zero-order valence-corrected chi connectivity index (χ0v) is 20.2. The number of hydrogen-bond acceptors (Lipinski definition) is 5. The van der Waals surface area contributed by atoms with Crippen LogP contribution in [-0.4, -0.2) is 73.2 Å². The summed E-state index contributed by atoms with van der Waals surface area (Å²) in [5.41, 5.74) is 0. The Morgan fingerprint density at radius 3 is 2.39 bits per heavy atom. The lowest BCUT2D eigenvalue weighted by Crippen LogP contribution is -2.50.